The molecule has 0 spiro atoms. The SMILES string of the molecule is CC(C)(C)C(NC(=O)COCCOCCOCCN)C(=O)N1CCCC1C=O. The van der Waals surface area contributed by atoms with E-state index < -0.39 is 17.5 Å². The Kier molecular flexibility index (Phi) is 11.2. The molecule has 1 saturated heterocycles. The molecule has 1 heterocycles. The molecule has 1 aliphatic rings. The van der Waals surface area contributed by atoms with Crippen LogP contribution < -0.4 is 11.1 Å². The van der Waals surface area contributed by atoms with E-state index in [1.54, 1.807) is 4.90 Å². The van der Waals surface area contributed by atoms with E-state index in [4.69, 9.17) is 19.9 Å². The van der Waals surface area contributed by atoms with Gasteiger partial charge in [0, 0.05) is 13.1 Å². The molecule has 2 unspecified atom stereocenters. The van der Waals surface area contributed by atoms with Crippen molar-refractivity contribution in [3.05, 3.63) is 0 Å². The van der Waals surface area contributed by atoms with Gasteiger partial charge in [0.25, 0.3) is 0 Å². The number of nitrogens with one attached hydrogen (secondary N) is 1. The van der Waals surface area contributed by atoms with E-state index in [0.717, 1.165) is 12.7 Å². The number of aldehydes is 1. The van der Waals surface area contributed by atoms with Gasteiger partial charge in [0.1, 0.15) is 18.9 Å². The van der Waals surface area contributed by atoms with Crippen LogP contribution in [0.15, 0.2) is 0 Å². The minimum absolute atomic E-state index is 0.163. The van der Waals surface area contributed by atoms with Gasteiger partial charge in [-0.3, -0.25) is 9.59 Å². The van der Waals surface area contributed by atoms with Gasteiger partial charge < -0.3 is 35.0 Å². The number of nitrogens with zero attached hydrogens (tertiary/aromatic N) is 1. The molecule has 0 aromatic heterocycles. The van der Waals surface area contributed by atoms with Crippen molar-refractivity contribution in [2.45, 2.75) is 45.7 Å². The van der Waals surface area contributed by atoms with Crippen molar-refractivity contribution < 1.29 is 28.6 Å². The summed E-state index contributed by atoms with van der Waals surface area (Å²) in [4.78, 5) is 37.9. The second kappa shape index (κ2) is 12.8. The zero-order chi connectivity index (χ0) is 21.0. The first-order valence-electron chi connectivity index (χ1n) is 9.79. The lowest BCUT2D eigenvalue weighted by molar-refractivity contribution is -0.142. The molecular weight excluding hydrogens is 366 g/mol. The summed E-state index contributed by atoms with van der Waals surface area (Å²) < 4.78 is 15.8. The Labute approximate surface area is 167 Å². The lowest BCUT2D eigenvalue weighted by Gasteiger charge is -2.34. The van der Waals surface area contributed by atoms with Gasteiger partial charge in [-0.1, -0.05) is 20.8 Å². The number of carbonyl (C=O) groups excluding carboxylic acids is 3. The van der Waals surface area contributed by atoms with Gasteiger partial charge in [-0.05, 0) is 18.3 Å². The maximum absolute atomic E-state index is 12.9. The van der Waals surface area contributed by atoms with Gasteiger partial charge in [-0.15, -0.1) is 0 Å². The molecule has 2 amide bonds. The molecule has 28 heavy (non-hydrogen) atoms. The molecule has 3 N–H and O–H groups in total. The lowest BCUT2D eigenvalue weighted by Crippen LogP contribution is -2.56. The maximum atomic E-state index is 12.9. The summed E-state index contributed by atoms with van der Waals surface area (Å²) in [5.41, 5.74) is 4.81. The predicted octanol–water partition coefficient (Wildman–Crippen LogP) is -0.284. The van der Waals surface area contributed by atoms with E-state index in [0.29, 0.717) is 45.9 Å². The van der Waals surface area contributed by atoms with Gasteiger partial charge in [-0.25, -0.2) is 0 Å². The maximum Gasteiger partial charge on any atom is 0.246 e. The minimum Gasteiger partial charge on any atom is -0.378 e. The zero-order valence-corrected chi connectivity index (χ0v) is 17.3. The second-order valence-corrected chi connectivity index (χ2v) is 7.81. The largest absolute Gasteiger partial charge is 0.378 e. The first-order valence-corrected chi connectivity index (χ1v) is 9.79. The summed E-state index contributed by atoms with van der Waals surface area (Å²) in [5.74, 6) is -0.599. The third kappa shape index (κ3) is 8.64. The molecular formula is C19H35N3O6. The number of rotatable bonds is 13. The zero-order valence-electron chi connectivity index (χ0n) is 17.3. The van der Waals surface area contributed by atoms with Gasteiger partial charge in [0.2, 0.25) is 11.8 Å². The van der Waals surface area contributed by atoms with Crippen molar-refractivity contribution in [1.29, 1.82) is 0 Å². The Morgan fingerprint density at radius 1 is 1.14 bits per heavy atom. The molecule has 2 atom stereocenters. The number of likely N-dealkylation sites (tertiary alicyclic amines) is 1. The van der Waals surface area contributed by atoms with Gasteiger partial charge in [-0.2, -0.15) is 0 Å². The van der Waals surface area contributed by atoms with Crippen molar-refractivity contribution in [2.75, 3.05) is 52.7 Å². The summed E-state index contributed by atoms with van der Waals surface area (Å²) in [5, 5.41) is 2.76. The van der Waals surface area contributed by atoms with Crippen LogP contribution in [0.4, 0.5) is 0 Å². The molecule has 9 nitrogen and oxygen atoms in total. The van der Waals surface area contributed by atoms with E-state index in [1.807, 2.05) is 20.8 Å². The number of ether oxygens (including phenoxy) is 3. The van der Waals surface area contributed by atoms with Crippen LogP contribution in [0.1, 0.15) is 33.6 Å². The quantitative estimate of drug-likeness (QED) is 0.321. The van der Waals surface area contributed by atoms with Crippen LogP contribution in [0.25, 0.3) is 0 Å². The fraction of sp³-hybridized carbons (Fsp3) is 0.842. The average molecular weight is 402 g/mol. The molecule has 1 rings (SSSR count). The highest BCUT2D eigenvalue weighted by molar-refractivity contribution is 5.90. The van der Waals surface area contributed by atoms with Gasteiger partial charge in [0.05, 0.1) is 39.1 Å². The highest BCUT2D eigenvalue weighted by Gasteiger charge is 2.39. The number of hydrogen-bond acceptors (Lipinski definition) is 7. The van der Waals surface area contributed by atoms with E-state index in [2.05, 4.69) is 5.32 Å². The Morgan fingerprint density at radius 2 is 1.75 bits per heavy atom. The molecule has 1 fully saturated rings. The first-order chi connectivity index (χ1) is 13.3. The summed E-state index contributed by atoms with van der Waals surface area (Å²) in [6.07, 6.45) is 2.26. The molecule has 9 heteroatoms. The Bertz CT molecular complexity index is 495. The highest BCUT2D eigenvalue weighted by Crippen LogP contribution is 2.25. The van der Waals surface area contributed by atoms with Crippen molar-refractivity contribution in [3.63, 3.8) is 0 Å². The second-order valence-electron chi connectivity index (χ2n) is 7.81. The third-order valence-electron chi connectivity index (χ3n) is 4.40. The Morgan fingerprint density at radius 3 is 2.32 bits per heavy atom. The molecule has 0 aromatic carbocycles. The number of nitrogens with two attached hydrogens (primary N) is 1. The first kappa shape index (κ1) is 24.5. The van der Waals surface area contributed by atoms with Crippen LogP contribution in [0, 0.1) is 5.41 Å². The smallest absolute Gasteiger partial charge is 0.246 e. The molecule has 0 aliphatic carbocycles. The minimum atomic E-state index is -0.722. The summed E-state index contributed by atoms with van der Waals surface area (Å²) in [6, 6.07) is -1.13. The topological polar surface area (TPSA) is 120 Å². The van der Waals surface area contributed by atoms with Crippen LogP contribution in [-0.2, 0) is 28.6 Å². The summed E-state index contributed by atoms with van der Waals surface area (Å²) in [6.45, 7) is 8.48. The lowest BCUT2D eigenvalue weighted by atomic mass is 9.85. The van der Waals surface area contributed by atoms with E-state index in [1.165, 1.54) is 0 Å². The normalized spacial score (nSPS) is 18.1. The van der Waals surface area contributed by atoms with Crippen LogP contribution in [-0.4, -0.2) is 87.8 Å². The number of hydrogen-bond donors (Lipinski definition) is 2. The molecule has 0 radical (unpaired) electrons. The van der Waals surface area contributed by atoms with Crippen molar-refractivity contribution in [3.8, 4) is 0 Å². The van der Waals surface area contributed by atoms with E-state index in [-0.39, 0.29) is 25.0 Å². The van der Waals surface area contributed by atoms with Crippen molar-refractivity contribution >= 4 is 18.1 Å². The molecule has 1 aliphatic heterocycles. The molecule has 0 saturated carbocycles. The molecule has 0 bridgehead atoms. The third-order valence-corrected chi connectivity index (χ3v) is 4.40. The fourth-order valence-electron chi connectivity index (χ4n) is 2.91. The van der Waals surface area contributed by atoms with Crippen molar-refractivity contribution in [1.82, 2.24) is 10.2 Å². The summed E-state index contributed by atoms with van der Waals surface area (Å²) in [7, 11) is 0. The number of amides is 2. The van der Waals surface area contributed by atoms with Crippen LogP contribution in [0.5, 0.6) is 0 Å². The van der Waals surface area contributed by atoms with E-state index >= 15 is 0 Å². The number of carbonyl (C=O) groups is 3. The standard InChI is InChI=1S/C19H35N3O6/c1-19(2,3)17(18(25)22-7-4-5-15(22)13-23)21-16(24)14-28-12-11-27-10-9-26-8-6-20/h13,15,17H,4-12,14,20H2,1-3H3,(H,21,24). The van der Waals surface area contributed by atoms with Crippen LogP contribution in [0.3, 0.4) is 0 Å². The predicted molar refractivity (Wildman–Crippen MR) is 104 cm³/mol. The fourth-order valence-corrected chi connectivity index (χ4v) is 2.91. The van der Waals surface area contributed by atoms with E-state index in [9.17, 15) is 14.4 Å². The molecule has 0 aromatic rings. The van der Waals surface area contributed by atoms with Crippen LogP contribution >= 0.6 is 0 Å². The van der Waals surface area contributed by atoms with Gasteiger partial charge >= 0.3 is 0 Å². The molecule has 162 valence electrons. The van der Waals surface area contributed by atoms with Crippen molar-refractivity contribution in [2.24, 2.45) is 11.1 Å². The summed E-state index contributed by atoms with van der Waals surface area (Å²) >= 11 is 0. The average Bonchev–Trinajstić information content (AvgIpc) is 3.12. The Balaban J connectivity index is 2.36. The van der Waals surface area contributed by atoms with Gasteiger partial charge in [0.15, 0.2) is 0 Å². The monoisotopic (exact) mass is 401 g/mol. The highest BCUT2D eigenvalue weighted by atomic mass is 16.5. The van der Waals surface area contributed by atoms with Crippen LogP contribution in [0.2, 0.25) is 0 Å². The Hall–Kier alpha value is -1.55.